The van der Waals surface area contributed by atoms with Crippen molar-refractivity contribution in [1.29, 1.82) is 0 Å². The van der Waals surface area contributed by atoms with Gasteiger partial charge in [-0.2, -0.15) is 24.5 Å². The molecule has 1 atom stereocenters. The fraction of sp³-hybridized carbons (Fsp3) is 0.450. The van der Waals surface area contributed by atoms with E-state index >= 15 is 0 Å². The number of pyridine rings is 1. The second-order valence-electron chi connectivity index (χ2n) is 7.29. The number of nitrogens with zero attached hydrogens (tertiary/aromatic N) is 2. The van der Waals surface area contributed by atoms with Gasteiger partial charge in [-0.15, -0.1) is 0 Å². The number of likely N-dealkylation sites (tertiary alicyclic amines) is 1. The Morgan fingerprint density at radius 1 is 1.32 bits per heavy atom. The zero-order valence-corrected chi connectivity index (χ0v) is 17.2. The van der Waals surface area contributed by atoms with Crippen LogP contribution in [0.4, 0.5) is 13.2 Å². The molecule has 1 N–H and O–H groups in total. The van der Waals surface area contributed by atoms with Crippen LogP contribution in [0.15, 0.2) is 41.2 Å². The van der Waals surface area contributed by atoms with Gasteiger partial charge in [0, 0.05) is 25.1 Å². The Morgan fingerprint density at radius 2 is 2.06 bits per heavy atom. The van der Waals surface area contributed by atoms with E-state index in [2.05, 4.69) is 4.98 Å². The van der Waals surface area contributed by atoms with Gasteiger partial charge in [-0.3, -0.25) is 4.79 Å². The molecule has 1 spiro atoms. The minimum absolute atomic E-state index is 0.0998. The maximum atomic E-state index is 12.3. The molecular weight excluding hydrogens is 437 g/mol. The highest BCUT2D eigenvalue weighted by atomic mass is 32.1. The molecule has 11 heteroatoms. The number of carbonyl (C=O) groups excluding carboxylic acids is 1. The van der Waals surface area contributed by atoms with Crippen LogP contribution in [0.5, 0.6) is 5.88 Å². The van der Waals surface area contributed by atoms with Gasteiger partial charge in [0.1, 0.15) is 11.7 Å². The number of ether oxygens (including phenoxy) is 2. The van der Waals surface area contributed by atoms with Gasteiger partial charge < -0.3 is 19.5 Å². The standard InChI is InChI=1S/C18H20N2O3S.C2HF3O2/c21-17(9-14-5-8-24-11-14)20-12-18(13-20)10-15(4-7-22-18)23-16-3-1-2-6-19-16;3-2(4,5)1(6)7/h1-3,5-6,8,11,15H,4,7,9-10,12-13H2;(H,6,7). The molecule has 0 aliphatic carbocycles. The van der Waals surface area contributed by atoms with Crippen LogP contribution in [-0.4, -0.2) is 64.4 Å². The van der Waals surface area contributed by atoms with Crippen molar-refractivity contribution >= 4 is 23.2 Å². The quantitative estimate of drug-likeness (QED) is 0.757. The van der Waals surface area contributed by atoms with E-state index in [4.69, 9.17) is 19.4 Å². The number of aromatic nitrogens is 1. The van der Waals surface area contributed by atoms with E-state index in [-0.39, 0.29) is 17.6 Å². The summed E-state index contributed by atoms with van der Waals surface area (Å²) in [5.74, 6) is -1.92. The SMILES string of the molecule is O=C(Cc1ccsc1)N1CC2(CC(Oc3ccccn3)CCO2)C1.O=C(O)C(F)(F)F. The van der Waals surface area contributed by atoms with Crippen LogP contribution in [0.2, 0.25) is 0 Å². The minimum atomic E-state index is -5.08. The van der Waals surface area contributed by atoms with Gasteiger partial charge in [0.25, 0.3) is 0 Å². The summed E-state index contributed by atoms with van der Waals surface area (Å²) in [5, 5.41) is 11.2. The Balaban J connectivity index is 0.000000339. The third-order valence-corrected chi connectivity index (χ3v) is 5.59. The Bertz CT molecular complexity index is 871. The first-order valence-corrected chi connectivity index (χ1v) is 10.4. The third kappa shape index (κ3) is 6.41. The van der Waals surface area contributed by atoms with Crippen LogP contribution >= 0.6 is 11.3 Å². The Hall–Kier alpha value is -2.66. The first-order chi connectivity index (χ1) is 14.7. The van der Waals surface area contributed by atoms with Crippen LogP contribution in [0.1, 0.15) is 18.4 Å². The molecular formula is C20H21F3N2O5S. The van der Waals surface area contributed by atoms with E-state index in [1.54, 1.807) is 17.5 Å². The number of amides is 1. The number of carboxylic acid groups (broad SMARTS) is 1. The Labute approximate surface area is 180 Å². The van der Waals surface area contributed by atoms with Crippen LogP contribution < -0.4 is 4.74 Å². The fourth-order valence-corrected chi connectivity index (χ4v) is 4.07. The molecule has 1 amide bonds. The van der Waals surface area contributed by atoms with Crippen LogP contribution in [0, 0.1) is 0 Å². The zero-order chi connectivity index (χ0) is 22.5. The van der Waals surface area contributed by atoms with Crippen molar-refractivity contribution < 1.29 is 37.3 Å². The molecule has 1 unspecified atom stereocenters. The summed E-state index contributed by atoms with van der Waals surface area (Å²) in [5.41, 5.74) is 0.856. The lowest BCUT2D eigenvalue weighted by Gasteiger charge is -2.52. The largest absolute Gasteiger partial charge is 0.490 e. The van der Waals surface area contributed by atoms with E-state index in [9.17, 15) is 18.0 Å². The molecule has 2 aliphatic rings. The van der Waals surface area contributed by atoms with Gasteiger partial charge in [-0.05, 0) is 28.5 Å². The number of halogens is 3. The van der Waals surface area contributed by atoms with Gasteiger partial charge in [0.15, 0.2) is 0 Å². The maximum Gasteiger partial charge on any atom is 0.490 e. The summed E-state index contributed by atoms with van der Waals surface area (Å²) < 4.78 is 43.7. The predicted octanol–water partition coefficient (Wildman–Crippen LogP) is 3.16. The number of carbonyl (C=O) groups is 2. The molecule has 2 aromatic heterocycles. The second-order valence-corrected chi connectivity index (χ2v) is 8.07. The Morgan fingerprint density at radius 3 is 2.65 bits per heavy atom. The maximum absolute atomic E-state index is 12.3. The van der Waals surface area contributed by atoms with E-state index in [0.29, 0.717) is 32.0 Å². The Kier molecular flexibility index (Phi) is 7.16. The molecule has 0 bridgehead atoms. The number of thiophene rings is 1. The van der Waals surface area contributed by atoms with Crippen molar-refractivity contribution in [2.75, 3.05) is 19.7 Å². The lowest BCUT2D eigenvalue weighted by molar-refractivity contribution is -0.193. The van der Waals surface area contributed by atoms with E-state index < -0.39 is 12.1 Å². The normalized spacial score (nSPS) is 19.7. The molecule has 31 heavy (non-hydrogen) atoms. The lowest BCUT2D eigenvalue weighted by Crippen LogP contribution is -2.67. The number of aliphatic carboxylic acids is 1. The van der Waals surface area contributed by atoms with Crippen LogP contribution in [0.3, 0.4) is 0 Å². The van der Waals surface area contributed by atoms with E-state index in [1.165, 1.54) is 0 Å². The van der Waals surface area contributed by atoms with Gasteiger partial charge in [0.2, 0.25) is 11.8 Å². The summed E-state index contributed by atoms with van der Waals surface area (Å²) >= 11 is 1.62. The minimum Gasteiger partial charge on any atom is -0.475 e. The third-order valence-electron chi connectivity index (χ3n) is 4.86. The smallest absolute Gasteiger partial charge is 0.475 e. The second kappa shape index (κ2) is 9.65. The van der Waals surface area contributed by atoms with E-state index in [1.807, 2.05) is 39.9 Å². The van der Waals surface area contributed by atoms with Crippen molar-refractivity contribution in [2.45, 2.75) is 37.1 Å². The summed E-state index contributed by atoms with van der Waals surface area (Å²) in [4.78, 5) is 27.3. The number of carboxylic acids is 1. The van der Waals surface area contributed by atoms with Crippen molar-refractivity contribution in [1.82, 2.24) is 9.88 Å². The number of alkyl halides is 3. The predicted molar refractivity (Wildman–Crippen MR) is 105 cm³/mol. The van der Waals surface area contributed by atoms with Crippen LogP contribution in [0.25, 0.3) is 0 Å². The highest BCUT2D eigenvalue weighted by Gasteiger charge is 2.49. The summed E-state index contributed by atoms with van der Waals surface area (Å²) in [6.45, 7) is 2.00. The zero-order valence-electron chi connectivity index (χ0n) is 16.4. The lowest BCUT2D eigenvalue weighted by atomic mass is 9.84. The molecule has 4 heterocycles. The van der Waals surface area contributed by atoms with Crippen molar-refractivity contribution in [3.8, 4) is 5.88 Å². The van der Waals surface area contributed by atoms with Gasteiger partial charge in [-0.25, -0.2) is 9.78 Å². The molecule has 0 radical (unpaired) electrons. The molecule has 0 aromatic carbocycles. The summed E-state index contributed by atoms with van der Waals surface area (Å²) in [6, 6.07) is 7.68. The number of hydrogen-bond donors (Lipinski definition) is 1. The molecule has 2 fully saturated rings. The van der Waals surface area contributed by atoms with Gasteiger partial charge in [-0.1, -0.05) is 6.07 Å². The molecule has 2 saturated heterocycles. The van der Waals surface area contributed by atoms with E-state index in [0.717, 1.165) is 18.4 Å². The first-order valence-electron chi connectivity index (χ1n) is 9.47. The fourth-order valence-electron chi connectivity index (χ4n) is 3.40. The molecule has 2 aromatic rings. The molecule has 4 rings (SSSR count). The first kappa shape index (κ1) is 23.0. The monoisotopic (exact) mass is 458 g/mol. The topological polar surface area (TPSA) is 89.0 Å². The van der Waals surface area contributed by atoms with Crippen LogP contribution in [-0.2, 0) is 20.7 Å². The average Bonchev–Trinajstić information content (AvgIpc) is 3.20. The van der Waals surface area contributed by atoms with Crippen molar-refractivity contribution in [2.24, 2.45) is 0 Å². The molecule has 0 saturated carbocycles. The highest BCUT2D eigenvalue weighted by Crippen LogP contribution is 2.35. The summed E-state index contributed by atoms with van der Waals surface area (Å²) in [6.07, 6.45) is -1.10. The molecule has 7 nitrogen and oxygen atoms in total. The van der Waals surface area contributed by atoms with Crippen molar-refractivity contribution in [3.63, 3.8) is 0 Å². The number of hydrogen-bond acceptors (Lipinski definition) is 6. The number of rotatable bonds is 4. The molecule has 2 aliphatic heterocycles. The summed E-state index contributed by atoms with van der Waals surface area (Å²) in [7, 11) is 0. The molecule has 168 valence electrons. The van der Waals surface area contributed by atoms with Crippen molar-refractivity contribution in [3.05, 3.63) is 46.8 Å². The highest BCUT2D eigenvalue weighted by molar-refractivity contribution is 7.08. The average molecular weight is 458 g/mol. The van der Waals surface area contributed by atoms with Gasteiger partial charge in [0.05, 0.1) is 26.1 Å². The van der Waals surface area contributed by atoms with Gasteiger partial charge >= 0.3 is 12.1 Å².